The Balaban J connectivity index is 2.23. The molecule has 0 bridgehead atoms. The van der Waals surface area contributed by atoms with Gasteiger partial charge in [0.25, 0.3) is 5.91 Å². The van der Waals surface area contributed by atoms with E-state index >= 15 is 0 Å². The van der Waals surface area contributed by atoms with Crippen molar-refractivity contribution in [3.63, 3.8) is 0 Å². The van der Waals surface area contributed by atoms with Gasteiger partial charge in [0.15, 0.2) is 0 Å². The first-order valence-electron chi connectivity index (χ1n) is 6.69. The molecule has 1 aromatic carbocycles. The predicted octanol–water partition coefficient (Wildman–Crippen LogP) is 2.79. The summed E-state index contributed by atoms with van der Waals surface area (Å²) in [6, 6.07) is 13.3. The minimum atomic E-state index is -0.146. The number of amides is 1. The van der Waals surface area contributed by atoms with Crippen molar-refractivity contribution in [3.8, 4) is 0 Å². The molecule has 1 N–H and O–H groups in total. The summed E-state index contributed by atoms with van der Waals surface area (Å²) < 4.78 is 0.531. The topological polar surface area (TPSA) is 53.4 Å². The van der Waals surface area contributed by atoms with Crippen LogP contribution in [0.2, 0.25) is 0 Å². The fraction of sp³-hybridized carbons (Fsp3) is 0.250. The van der Waals surface area contributed by atoms with Crippen LogP contribution in [0, 0.1) is 6.92 Å². The Morgan fingerprint density at radius 2 is 1.95 bits per heavy atom. The molecular formula is C16H17BrN2O2. The Hall–Kier alpha value is -1.72. The van der Waals surface area contributed by atoms with Gasteiger partial charge in [-0.05, 0) is 40.5 Å². The lowest BCUT2D eigenvalue weighted by molar-refractivity contribution is 0.0706. The van der Waals surface area contributed by atoms with Gasteiger partial charge in [-0.1, -0.05) is 30.3 Å². The van der Waals surface area contributed by atoms with E-state index in [1.807, 2.05) is 37.3 Å². The van der Waals surface area contributed by atoms with Crippen molar-refractivity contribution in [1.82, 2.24) is 9.88 Å². The number of aliphatic hydroxyl groups is 1. The maximum atomic E-state index is 12.6. The zero-order chi connectivity index (χ0) is 15.2. The van der Waals surface area contributed by atoms with E-state index in [1.54, 1.807) is 17.0 Å². The fourth-order valence-electron chi connectivity index (χ4n) is 2.03. The van der Waals surface area contributed by atoms with Gasteiger partial charge in [-0.3, -0.25) is 4.79 Å². The normalized spacial score (nSPS) is 10.4. The Morgan fingerprint density at radius 1 is 1.24 bits per heavy atom. The smallest absolute Gasteiger partial charge is 0.256 e. The molecule has 1 heterocycles. The SMILES string of the molecule is Cc1ccc(C(=O)N(CCO)Cc2ccccc2)c(Br)n1. The Bertz CT molecular complexity index is 617. The highest BCUT2D eigenvalue weighted by Crippen LogP contribution is 2.18. The first kappa shape index (κ1) is 15.7. The fourth-order valence-corrected chi connectivity index (χ4v) is 2.61. The Kier molecular flexibility index (Phi) is 5.47. The van der Waals surface area contributed by atoms with Crippen LogP contribution in [0.3, 0.4) is 0 Å². The number of benzene rings is 1. The van der Waals surface area contributed by atoms with Crippen molar-refractivity contribution >= 4 is 21.8 Å². The summed E-state index contributed by atoms with van der Waals surface area (Å²) in [6.07, 6.45) is 0. The molecule has 2 aromatic rings. The number of nitrogens with zero attached hydrogens (tertiary/aromatic N) is 2. The molecule has 21 heavy (non-hydrogen) atoms. The average Bonchev–Trinajstić information content (AvgIpc) is 2.47. The standard InChI is InChI=1S/C16H17BrN2O2/c1-12-7-8-14(15(17)18-12)16(21)19(9-10-20)11-13-5-3-2-4-6-13/h2-8,20H,9-11H2,1H3. The number of hydrogen-bond acceptors (Lipinski definition) is 3. The van der Waals surface area contributed by atoms with Gasteiger partial charge in [-0.15, -0.1) is 0 Å². The van der Waals surface area contributed by atoms with Gasteiger partial charge in [0.1, 0.15) is 4.60 Å². The Morgan fingerprint density at radius 3 is 2.57 bits per heavy atom. The van der Waals surface area contributed by atoms with Crippen molar-refractivity contribution < 1.29 is 9.90 Å². The molecule has 5 heteroatoms. The van der Waals surface area contributed by atoms with Crippen molar-refractivity contribution in [2.75, 3.05) is 13.2 Å². The number of aliphatic hydroxyl groups excluding tert-OH is 1. The summed E-state index contributed by atoms with van der Waals surface area (Å²) in [7, 11) is 0. The van der Waals surface area contributed by atoms with Gasteiger partial charge in [0.2, 0.25) is 0 Å². The lowest BCUT2D eigenvalue weighted by Crippen LogP contribution is -2.33. The Labute approximate surface area is 132 Å². The van der Waals surface area contributed by atoms with Crippen LogP contribution in [0.25, 0.3) is 0 Å². The van der Waals surface area contributed by atoms with Crippen molar-refractivity contribution in [2.45, 2.75) is 13.5 Å². The van der Waals surface area contributed by atoms with Crippen molar-refractivity contribution in [1.29, 1.82) is 0 Å². The average molecular weight is 349 g/mol. The summed E-state index contributed by atoms with van der Waals surface area (Å²) in [5.74, 6) is -0.146. The minimum Gasteiger partial charge on any atom is -0.395 e. The van der Waals surface area contributed by atoms with E-state index in [0.29, 0.717) is 16.7 Å². The number of carbonyl (C=O) groups excluding carboxylic acids is 1. The quantitative estimate of drug-likeness (QED) is 0.845. The third-order valence-corrected chi connectivity index (χ3v) is 3.70. The molecule has 0 aliphatic carbocycles. The van der Waals surface area contributed by atoms with E-state index < -0.39 is 0 Å². The van der Waals surface area contributed by atoms with Crippen LogP contribution < -0.4 is 0 Å². The molecule has 110 valence electrons. The van der Waals surface area contributed by atoms with E-state index in [2.05, 4.69) is 20.9 Å². The van der Waals surface area contributed by atoms with Gasteiger partial charge >= 0.3 is 0 Å². The first-order valence-corrected chi connectivity index (χ1v) is 7.48. The molecular weight excluding hydrogens is 332 g/mol. The molecule has 0 saturated heterocycles. The van der Waals surface area contributed by atoms with Crippen molar-refractivity contribution in [3.05, 3.63) is 63.9 Å². The maximum absolute atomic E-state index is 12.6. The molecule has 0 spiro atoms. The highest BCUT2D eigenvalue weighted by Gasteiger charge is 2.19. The summed E-state index contributed by atoms with van der Waals surface area (Å²) >= 11 is 3.33. The number of pyridine rings is 1. The third kappa shape index (κ3) is 4.12. The van der Waals surface area contributed by atoms with Gasteiger partial charge in [0, 0.05) is 18.8 Å². The molecule has 0 saturated carbocycles. The molecule has 0 aliphatic rings. The zero-order valence-corrected chi connectivity index (χ0v) is 13.4. The second-order valence-corrected chi connectivity index (χ2v) is 5.48. The summed E-state index contributed by atoms with van der Waals surface area (Å²) in [4.78, 5) is 18.5. The lowest BCUT2D eigenvalue weighted by atomic mass is 10.2. The van der Waals surface area contributed by atoms with Crippen LogP contribution in [0.1, 0.15) is 21.6 Å². The molecule has 0 radical (unpaired) electrons. The molecule has 2 rings (SSSR count). The predicted molar refractivity (Wildman–Crippen MR) is 84.9 cm³/mol. The number of aromatic nitrogens is 1. The van der Waals surface area contributed by atoms with E-state index in [9.17, 15) is 9.90 Å². The summed E-state index contributed by atoms with van der Waals surface area (Å²) in [5.41, 5.74) is 2.37. The molecule has 4 nitrogen and oxygen atoms in total. The summed E-state index contributed by atoms with van der Waals surface area (Å²) in [5, 5.41) is 9.20. The number of halogens is 1. The molecule has 0 unspecified atom stereocenters. The number of hydrogen-bond donors (Lipinski definition) is 1. The van der Waals surface area contributed by atoms with E-state index in [1.165, 1.54) is 0 Å². The minimum absolute atomic E-state index is 0.0739. The van der Waals surface area contributed by atoms with Crippen LogP contribution in [-0.4, -0.2) is 34.0 Å². The lowest BCUT2D eigenvalue weighted by Gasteiger charge is -2.22. The van der Waals surface area contributed by atoms with Crippen molar-refractivity contribution in [2.24, 2.45) is 0 Å². The highest BCUT2D eigenvalue weighted by atomic mass is 79.9. The third-order valence-electron chi connectivity index (χ3n) is 3.09. The van der Waals surface area contributed by atoms with Crippen LogP contribution >= 0.6 is 15.9 Å². The first-order chi connectivity index (χ1) is 10.1. The second-order valence-electron chi connectivity index (χ2n) is 4.73. The van der Waals surface area contributed by atoms with E-state index in [-0.39, 0.29) is 19.1 Å². The van der Waals surface area contributed by atoms with E-state index in [4.69, 9.17) is 0 Å². The van der Waals surface area contributed by atoms with Gasteiger partial charge in [-0.25, -0.2) is 4.98 Å². The number of aryl methyl sites for hydroxylation is 1. The van der Waals surface area contributed by atoms with E-state index in [0.717, 1.165) is 11.3 Å². The van der Waals surface area contributed by atoms with Gasteiger partial charge in [-0.2, -0.15) is 0 Å². The number of rotatable bonds is 5. The van der Waals surface area contributed by atoms with Gasteiger partial charge in [0.05, 0.1) is 12.2 Å². The highest BCUT2D eigenvalue weighted by molar-refractivity contribution is 9.10. The molecule has 0 aliphatic heterocycles. The van der Waals surface area contributed by atoms with Crippen LogP contribution in [-0.2, 0) is 6.54 Å². The number of carbonyl (C=O) groups is 1. The molecule has 1 aromatic heterocycles. The maximum Gasteiger partial charge on any atom is 0.256 e. The van der Waals surface area contributed by atoms with Crippen LogP contribution in [0.15, 0.2) is 47.1 Å². The summed E-state index contributed by atoms with van der Waals surface area (Å²) in [6.45, 7) is 2.54. The second kappa shape index (κ2) is 7.33. The molecule has 0 fully saturated rings. The monoisotopic (exact) mass is 348 g/mol. The molecule has 1 amide bonds. The largest absolute Gasteiger partial charge is 0.395 e. The van der Waals surface area contributed by atoms with Crippen LogP contribution in [0.4, 0.5) is 0 Å². The zero-order valence-electron chi connectivity index (χ0n) is 11.8. The van der Waals surface area contributed by atoms with Gasteiger partial charge < -0.3 is 10.0 Å². The molecule has 0 atom stereocenters. The van der Waals surface area contributed by atoms with Crippen LogP contribution in [0.5, 0.6) is 0 Å².